The van der Waals surface area contributed by atoms with Gasteiger partial charge in [-0.3, -0.25) is 9.59 Å². The number of fused-ring (bicyclic) bond motifs is 1. The first kappa shape index (κ1) is 20.8. The van der Waals surface area contributed by atoms with Crippen LogP contribution in [0.25, 0.3) is 22.2 Å². The highest BCUT2D eigenvalue weighted by Gasteiger charge is 2.28. The van der Waals surface area contributed by atoms with Crippen molar-refractivity contribution in [2.45, 2.75) is 32.6 Å². The van der Waals surface area contributed by atoms with E-state index in [0.717, 1.165) is 40.7 Å². The molecule has 1 aliphatic heterocycles. The summed E-state index contributed by atoms with van der Waals surface area (Å²) in [6, 6.07) is 18.0. The van der Waals surface area contributed by atoms with Crippen molar-refractivity contribution >= 4 is 34.2 Å². The summed E-state index contributed by atoms with van der Waals surface area (Å²) in [5.41, 5.74) is 3.81. The molecule has 160 valence electrons. The molecule has 1 unspecified atom stereocenters. The van der Waals surface area contributed by atoms with Crippen LogP contribution >= 0.6 is 0 Å². The van der Waals surface area contributed by atoms with Crippen LogP contribution in [0.3, 0.4) is 0 Å². The Morgan fingerprint density at radius 3 is 2.71 bits per heavy atom. The van der Waals surface area contributed by atoms with Crippen molar-refractivity contribution in [2.75, 3.05) is 18.4 Å². The fraction of sp³-hybridized carbons (Fsp3) is 0.320. The molecule has 2 amide bonds. The number of rotatable bonds is 6. The summed E-state index contributed by atoms with van der Waals surface area (Å²) >= 11 is 0. The van der Waals surface area contributed by atoms with Crippen molar-refractivity contribution in [1.82, 2.24) is 9.88 Å². The monoisotopic (exact) mass is 417 g/mol. The molecule has 1 saturated heterocycles. The first-order chi connectivity index (χ1) is 15.0. The molecule has 0 bridgehead atoms. The van der Waals surface area contributed by atoms with Gasteiger partial charge in [0.25, 0.3) is 0 Å². The van der Waals surface area contributed by atoms with Gasteiger partial charge in [-0.1, -0.05) is 30.3 Å². The van der Waals surface area contributed by atoms with Gasteiger partial charge in [0.2, 0.25) is 11.8 Å². The minimum atomic E-state index is -0.244. The molecule has 1 fully saturated rings. The van der Waals surface area contributed by atoms with Crippen molar-refractivity contribution in [3.05, 3.63) is 54.6 Å². The van der Waals surface area contributed by atoms with Gasteiger partial charge < -0.3 is 20.0 Å². The Balaban J connectivity index is 1.42. The summed E-state index contributed by atoms with van der Waals surface area (Å²) in [6.07, 6.45) is 2.02. The third-order valence-electron chi connectivity index (χ3n) is 5.81. The third-order valence-corrected chi connectivity index (χ3v) is 5.81. The molecule has 0 aliphatic carbocycles. The maximum Gasteiger partial charge on any atom is 0.229 e. The van der Waals surface area contributed by atoms with E-state index in [9.17, 15) is 14.4 Å². The van der Waals surface area contributed by atoms with E-state index in [1.165, 1.54) is 6.92 Å². The molecule has 0 saturated carbocycles. The number of aromatic amines is 1. The van der Waals surface area contributed by atoms with Gasteiger partial charge in [-0.15, -0.1) is 0 Å². The minimum absolute atomic E-state index is 0.00879. The normalized spacial score (nSPS) is 16.3. The van der Waals surface area contributed by atoms with E-state index in [2.05, 4.69) is 22.4 Å². The molecule has 4 rings (SSSR count). The second-order valence-electron chi connectivity index (χ2n) is 8.22. The average molecular weight is 418 g/mol. The van der Waals surface area contributed by atoms with E-state index in [4.69, 9.17) is 0 Å². The van der Waals surface area contributed by atoms with Crippen LogP contribution in [-0.2, 0) is 14.4 Å². The fourth-order valence-electron chi connectivity index (χ4n) is 4.10. The maximum atomic E-state index is 12.9. The fourth-order valence-corrected chi connectivity index (χ4v) is 4.10. The Bertz CT molecular complexity index is 1080. The molecule has 1 aromatic heterocycles. The van der Waals surface area contributed by atoms with Crippen LogP contribution in [0.5, 0.6) is 0 Å². The van der Waals surface area contributed by atoms with Crippen molar-refractivity contribution in [3.63, 3.8) is 0 Å². The lowest BCUT2D eigenvalue weighted by Gasteiger charge is -2.32. The summed E-state index contributed by atoms with van der Waals surface area (Å²) in [5, 5.41) is 4.16. The Morgan fingerprint density at radius 1 is 1.06 bits per heavy atom. The summed E-state index contributed by atoms with van der Waals surface area (Å²) in [4.78, 5) is 41.5. The Labute approximate surface area is 181 Å². The van der Waals surface area contributed by atoms with E-state index in [1.807, 2.05) is 42.5 Å². The molecule has 3 aromatic rings. The van der Waals surface area contributed by atoms with Crippen LogP contribution in [0, 0.1) is 5.92 Å². The number of hydrogen-bond donors (Lipinski definition) is 2. The lowest BCUT2D eigenvalue weighted by Crippen LogP contribution is -2.43. The molecule has 6 nitrogen and oxygen atoms in total. The van der Waals surface area contributed by atoms with Crippen molar-refractivity contribution in [3.8, 4) is 11.3 Å². The number of piperidine rings is 1. The number of carbonyl (C=O) groups is 3. The van der Waals surface area contributed by atoms with Crippen molar-refractivity contribution < 1.29 is 14.4 Å². The second-order valence-corrected chi connectivity index (χ2v) is 8.22. The van der Waals surface area contributed by atoms with Gasteiger partial charge in [0, 0.05) is 53.8 Å². The number of aromatic nitrogens is 1. The van der Waals surface area contributed by atoms with Gasteiger partial charge in [0.1, 0.15) is 5.78 Å². The van der Waals surface area contributed by atoms with Gasteiger partial charge >= 0.3 is 0 Å². The Kier molecular flexibility index (Phi) is 6.16. The second kappa shape index (κ2) is 9.16. The van der Waals surface area contributed by atoms with Crippen molar-refractivity contribution in [2.24, 2.45) is 5.92 Å². The number of Topliss-reactive ketones (excluding diaryl/α,β-unsaturated/α-hetero) is 1. The van der Waals surface area contributed by atoms with E-state index in [1.54, 1.807) is 4.90 Å². The lowest BCUT2D eigenvalue weighted by atomic mass is 9.96. The number of amides is 2. The first-order valence-electron chi connectivity index (χ1n) is 10.8. The molecular formula is C25H27N3O3. The van der Waals surface area contributed by atoms with Crippen LogP contribution in [-0.4, -0.2) is 40.6 Å². The number of carbonyl (C=O) groups excluding carboxylic acids is 3. The highest BCUT2D eigenvalue weighted by atomic mass is 16.2. The standard InChI is InChI=1S/C25H27N3O3/c1-17(29)11-12-24(30)28-13-5-8-20(16-28)25(31)26-21-9-4-7-18(14-21)23-15-19-6-2-3-10-22(19)27-23/h2-4,6-7,9-10,14-15,20,27H,5,8,11-13,16H2,1H3,(H,26,31). The van der Waals surface area contributed by atoms with E-state index in [0.29, 0.717) is 13.1 Å². The van der Waals surface area contributed by atoms with Crippen LogP contribution in [0.2, 0.25) is 0 Å². The van der Waals surface area contributed by atoms with E-state index in [-0.39, 0.29) is 36.4 Å². The minimum Gasteiger partial charge on any atom is -0.355 e. The first-order valence-corrected chi connectivity index (χ1v) is 10.8. The number of hydrogen-bond acceptors (Lipinski definition) is 3. The number of ketones is 1. The van der Waals surface area contributed by atoms with Gasteiger partial charge in [0.05, 0.1) is 5.92 Å². The molecule has 0 spiro atoms. The Morgan fingerprint density at radius 2 is 1.90 bits per heavy atom. The van der Waals surface area contributed by atoms with Crippen molar-refractivity contribution in [1.29, 1.82) is 0 Å². The third kappa shape index (κ3) is 5.02. The topological polar surface area (TPSA) is 82.3 Å². The van der Waals surface area contributed by atoms with Crippen LogP contribution in [0.1, 0.15) is 32.6 Å². The lowest BCUT2D eigenvalue weighted by molar-refractivity contribution is -0.136. The number of nitrogens with zero attached hydrogens (tertiary/aromatic N) is 1. The largest absolute Gasteiger partial charge is 0.355 e. The van der Waals surface area contributed by atoms with Gasteiger partial charge in [0.15, 0.2) is 0 Å². The highest BCUT2D eigenvalue weighted by Crippen LogP contribution is 2.27. The zero-order valence-corrected chi connectivity index (χ0v) is 17.7. The molecule has 1 aliphatic rings. The molecule has 2 N–H and O–H groups in total. The zero-order chi connectivity index (χ0) is 21.8. The molecule has 2 aromatic carbocycles. The highest BCUT2D eigenvalue weighted by molar-refractivity contribution is 5.94. The summed E-state index contributed by atoms with van der Waals surface area (Å²) in [7, 11) is 0. The summed E-state index contributed by atoms with van der Waals surface area (Å²) < 4.78 is 0. The number of anilines is 1. The quantitative estimate of drug-likeness (QED) is 0.624. The number of nitrogens with one attached hydrogen (secondary N) is 2. The summed E-state index contributed by atoms with van der Waals surface area (Å²) in [5.74, 6) is -0.354. The predicted molar refractivity (Wildman–Crippen MR) is 122 cm³/mol. The van der Waals surface area contributed by atoms with Crippen LogP contribution < -0.4 is 5.32 Å². The number of H-pyrrole nitrogens is 1. The predicted octanol–water partition coefficient (Wildman–Crippen LogP) is 4.38. The molecule has 31 heavy (non-hydrogen) atoms. The van der Waals surface area contributed by atoms with Gasteiger partial charge in [-0.25, -0.2) is 0 Å². The van der Waals surface area contributed by atoms with Crippen LogP contribution in [0.15, 0.2) is 54.6 Å². The number of likely N-dealkylation sites (tertiary alicyclic amines) is 1. The summed E-state index contributed by atoms with van der Waals surface area (Å²) in [6.45, 7) is 2.55. The molecular weight excluding hydrogens is 390 g/mol. The molecule has 0 radical (unpaired) electrons. The van der Waals surface area contributed by atoms with Gasteiger partial charge in [-0.2, -0.15) is 0 Å². The smallest absolute Gasteiger partial charge is 0.229 e. The zero-order valence-electron chi connectivity index (χ0n) is 17.7. The molecule has 1 atom stereocenters. The molecule has 6 heteroatoms. The van der Waals surface area contributed by atoms with E-state index < -0.39 is 0 Å². The average Bonchev–Trinajstić information content (AvgIpc) is 3.22. The van der Waals surface area contributed by atoms with Crippen LogP contribution in [0.4, 0.5) is 5.69 Å². The number of para-hydroxylation sites is 1. The maximum absolute atomic E-state index is 12.9. The Hall–Kier alpha value is -3.41. The SMILES string of the molecule is CC(=O)CCC(=O)N1CCCC(C(=O)Nc2cccc(-c3cc4ccccc4[nH]3)c2)C1. The van der Waals surface area contributed by atoms with Gasteiger partial charge in [-0.05, 0) is 44.0 Å². The molecule has 2 heterocycles. The van der Waals surface area contributed by atoms with E-state index >= 15 is 0 Å². The number of benzene rings is 2.